The molecule has 0 atom stereocenters. The molecule has 4 aromatic heterocycles. The van der Waals surface area contributed by atoms with Gasteiger partial charge in [-0.3, -0.25) is 4.79 Å². The highest BCUT2D eigenvalue weighted by molar-refractivity contribution is 7.19. The molecular weight excluding hydrogens is 434 g/mol. The minimum absolute atomic E-state index is 0.0613. The van der Waals surface area contributed by atoms with Gasteiger partial charge in [-0.2, -0.15) is 18.3 Å². The lowest BCUT2D eigenvalue weighted by Gasteiger charge is -2.08. The van der Waals surface area contributed by atoms with Crippen LogP contribution in [0.5, 0.6) is 0 Å². The largest absolute Gasteiger partial charge is 0.433 e. The lowest BCUT2D eigenvalue weighted by molar-refractivity contribution is -0.142. The van der Waals surface area contributed by atoms with Crippen molar-refractivity contribution in [2.75, 3.05) is 0 Å². The van der Waals surface area contributed by atoms with Gasteiger partial charge >= 0.3 is 6.18 Å². The van der Waals surface area contributed by atoms with Gasteiger partial charge in [0.05, 0.1) is 17.1 Å². The lowest BCUT2D eigenvalue weighted by atomic mass is 10.0. The van der Waals surface area contributed by atoms with Gasteiger partial charge in [0.15, 0.2) is 5.65 Å². The maximum atomic E-state index is 13.3. The molecule has 0 saturated heterocycles. The van der Waals surface area contributed by atoms with E-state index in [-0.39, 0.29) is 17.0 Å². The number of halogens is 4. The van der Waals surface area contributed by atoms with Crippen LogP contribution in [0, 0.1) is 12.7 Å². The summed E-state index contributed by atoms with van der Waals surface area (Å²) >= 11 is 1.26. The Kier molecular flexibility index (Phi) is 4.19. The van der Waals surface area contributed by atoms with Crippen LogP contribution in [-0.2, 0) is 6.18 Å². The molecule has 31 heavy (non-hydrogen) atoms. The van der Waals surface area contributed by atoms with E-state index in [0.717, 1.165) is 17.1 Å². The highest BCUT2D eigenvalue weighted by Gasteiger charge is 2.34. The van der Waals surface area contributed by atoms with E-state index < -0.39 is 23.2 Å². The van der Waals surface area contributed by atoms with Crippen LogP contribution >= 0.6 is 11.3 Å². The molecular formula is C20H11F4N5OS. The van der Waals surface area contributed by atoms with Crippen molar-refractivity contribution in [2.24, 2.45) is 0 Å². The van der Waals surface area contributed by atoms with E-state index in [9.17, 15) is 22.4 Å². The summed E-state index contributed by atoms with van der Waals surface area (Å²) in [5.41, 5.74) is -0.0631. The first-order valence-corrected chi connectivity index (χ1v) is 9.75. The third kappa shape index (κ3) is 3.08. The van der Waals surface area contributed by atoms with Crippen molar-refractivity contribution in [1.29, 1.82) is 0 Å². The minimum atomic E-state index is -4.62. The summed E-state index contributed by atoms with van der Waals surface area (Å²) in [5, 5.41) is 4.12. The Bertz CT molecular complexity index is 1520. The fourth-order valence-corrected chi connectivity index (χ4v) is 4.53. The molecule has 6 nitrogen and oxygen atoms in total. The molecule has 5 aromatic rings. The number of alkyl halides is 3. The summed E-state index contributed by atoms with van der Waals surface area (Å²) in [5.74, 6) is -0.333. The van der Waals surface area contributed by atoms with Crippen molar-refractivity contribution >= 4 is 27.2 Å². The molecule has 0 spiro atoms. The van der Waals surface area contributed by atoms with Crippen molar-refractivity contribution in [3.8, 4) is 22.5 Å². The quantitative estimate of drug-likeness (QED) is 0.395. The third-order valence-corrected chi connectivity index (χ3v) is 5.82. The summed E-state index contributed by atoms with van der Waals surface area (Å²) in [6, 6.07) is 6.57. The normalized spacial score (nSPS) is 12.2. The van der Waals surface area contributed by atoms with Crippen LogP contribution in [-0.4, -0.2) is 24.6 Å². The monoisotopic (exact) mass is 445 g/mol. The first-order chi connectivity index (χ1) is 14.7. The number of nitrogens with one attached hydrogen (secondary N) is 1. The number of aromatic amines is 1. The molecule has 156 valence electrons. The number of rotatable bonds is 2. The number of hydrogen-bond donors (Lipinski definition) is 1. The van der Waals surface area contributed by atoms with E-state index in [1.54, 1.807) is 12.1 Å². The molecule has 0 aliphatic heterocycles. The number of aromatic nitrogens is 5. The van der Waals surface area contributed by atoms with Crippen LogP contribution < -0.4 is 5.56 Å². The molecule has 0 unspecified atom stereocenters. The number of aryl methyl sites for hydroxylation is 1. The predicted octanol–water partition coefficient (Wildman–Crippen LogP) is 4.83. The molecule has 5 rings (SSSR count). The topological polar surface area (TPSA) is 75.9 Å². The highest BCUT2D eigenvalue weighted by atomic mass is 32.1. The number of nitrogens with zero attached hydrogens (tertiary/aromatic N) is 4. The molecule has 0 bridgehead atoms. The van der Waals surface area contributed by atoms with Crippen LogP contribution in [0.2, 0.25) is 0 Å². The van der Waals surface area contributed by atoms with Gasteiger partial charge in [-0.15, -0.1) is 11.3 Å². The summed E-state index contributed by atoms with van der Waals surface area (Å²) in [7, 11) is 0. The zero-order valence-corrected chi connectivity index (χ0v) is 16.5. The van der Waals surface area contributed by atoms with E-state index in [1.165, 1.54) is 29.7 Å². The van der Waals surface area contributed by atoms with Crippen LogP contribution in [0.3, 0.4) is 0 Å². The first kappa shape index (κ1) is 19.4. The molecule has 4 heterocycles. The molecule has 1 aromatic carbocycles. The maximum Gasteiger partial charge on any atom is 0.433 e. The Morgan fingerprint density at radius 2 is 1.87 bits per heavy atom. The van der Waals surface area contributed by atoms with E-state index in [0.29, 0.717) is 25.9 Å². The van der Waals surface area contributed by atoms with Crippen molar-refractivity contribution < 1.29 is 17.6 Å². The van der Waals surface area contributed by atoms with Crippen LogP contribution in [0.1, 0.15) is 10.6 Å². The first-order valence-electron chi connectivity index (χ1n) is 8.93. The van der Waals surface area contributed by atoms with Gasteiger partial charge in [-0.05, 0) is 30.7 Å². The summed E-state index contributed by atoms with van der Waals surface area (Å²) < 4.78 is 53.7. The van der Waals surface area contributed by atoms with E-state index in [4.69, 9.17) is 0 Å². The zero-order chi connectivity index (χ0) is 21.9. The Labute approximate surface area is 174 Å². The summed E-state index contributed by atoms with van der Waals surface area (Å²) in [6.45, 7) is 1.82. The standard InChI is InChI=1S/C20H11F4N5OS/c1-9-14(10-2-4-11(21)5-3-10)15-18(30)27-16(28-19(15)31-9)12-8-26-29-13(20(22,23)24)6-7-25-17(12)29/h2-8H,1H3,(H,27,28,30). The highest BCUT2D eigenvalue weighted by Crippen LogP contribution is 2.37. The van der Waals surface area contributed by atoms with Crippen molar-refractivity contribution in [2.45, 2.75) is 13.1 Å². The fraction of sp³-hybridized carbons (Fsp3) is 0.100. The van der Waals surface area contributed by atoms with E-state index in [2.05, 4.69) is 20.1 Å². The average molecular weight is 445 g/mol. The maximum absolute atomic E-state index is 13.3. The van der Waals surface area contributed by atoms with Crippen LogP contribution in [0.25, 0.3) is 38.4 Å². The number of benzene rings is 1. The fourth-order valence-electron chi connectivity index (χ4n) is 3.48. The van der Waals surface area contributed by atoms with E-state index >= 15 is 0 Å². The molecule has 0 saturated carbocycles. The summed E-state index contributed by atoms with van der Waals surface area (Å²) in [4.78, 5) is 25.2. The SMILES string of the molecule is Cc1sc2nc(-c3cnn4c(C(F)(F)F)ccnc34)[nH]c(=O)c2c1-c1ccc(F)cc1. The second-order valence-corrected chi connectivity index (χ2v) is 7.96. The van der Waals surface area contributed by atoms with Crippen molar-refractivity contribution in [3.63, 3.8) is 0 Å². The molecule has 0 radical (unpaired) electrons. The van der Waals surface area contributed by atoms with Gasteiger partial charge in [0.25, 0.3) is 5.56 Å². The molecule has 1 N–H and O–H groups in total. The zero-order valence-electron chi connectivity index (χ0n) is 15.7. The van der Waals surface area contributed by atoms with Gasteiger partial charge in [0, 0.05) is 16.6 Å². The number of fused-ring (bicyclic) bond motifs is 2. The Hall–Kier alpha value is -3.60. The second-order valence-electron chi connectivity index (χ2n) is 6.76. The Balaban J connectivity index is 1.72. The van der Waals surface area contributed by atoms with Gasteiger partial charge in [-0.1, -0.05) is 12.1 Å². The average Bonchev–Trinajstić information content (AvgIpc) is 3.28. The Morgan fingerprint density at radius 3 is 2.58 bits per heavy atom. The molecule has 0 aliphatic rings. The van der Waals surface area contributed by atoms with Crippen LogP contribution in [0.4, 0.5) is 17.6 Å². The Morgan fingerprint density at radius 1 is 1.13 bits per heavy atom. The van der Waals surface area contributed by atoms with Crippen molar-refractivity contribution in [3.05, 3.63) is 69.5 Å². The molecule has 0 fully saturated rings. The number of thiophene rings is 1. The molecule has 11 heteroatoms. The number of hydrogen-bond acceptors (Lipinski definition) is 5. The van der Waals surface area contributed by atoms with Gasteiger partial charge < -0.3 is 4.98 Å². The predicted molar refractivity (Wildman–Crippen MR) is 107 cm³/mol. The van der Waals surface area contributed by atoms with Crippen molar-refractivity contribution in [1.82, 2.24) is 24.6 Å². The van der Waals surface area contributed by atoms with Gasteiger partial charge in [0.1, 0.15) is 22.2 Å². The minimum Gasteiger partial charge on any atom is -0.306 e. The second kappa shape index (κ2) is 6.71. The third-order valence-electron chi connectivity index (χ3n) is 4.82. The smallest absolute Gasteiger partial charge is 0.306 e. The van der Waals surface area contributed by atoms with Gasteiger partial charge in [-0.25, -0.2) is 18.9 Å². The molecule has 0 aliphatic carbocycles. The van der Waals surface area contributed by atoms with E-state index in [1.807, 2.05) is 6.92 Å². The molecule has 0 amide bonds. The number of H-pyrrole nitrogens is 1. The lowest BCUT2D eigenvalue weighted by Crippen LogP contribution is -2.13. The van der Waals surface area contributed by atoms with Gasteiger partial charge in [0.2, 0.25) is 0 Å². The van der Waals surface area contributed by atoms with Crippen LogP contribution in [0.15, 0.2) is 47.5 Å². The summed E-state index contributed by atoms with van der Waals surface area (Å²) in [6.07, 6.45) is -2.41.